The Balaban J connectivity index is 1.64. The van der Waals surface area contributed by atoms with Gasteiger partial charge >= 0.3 is 0 Å². The number of nitrogens with zero attached hydrogens (tertiary/aromatic N) is 3. The lowest BCUT2D eigenvalue weighted by atomic mass is 10.0. The number of carbonyl (C=O) groups excluding carboxylic acids is 1. The highest BCUT2D eigenvalue weighted by Crippen LogP contribution is 2.38. The molecule has 0 saturated heterocycles. The summed E-state index contributed by atoms with van der Waals surface area (Å²) < 4.78 is 7.42. The Kier molecular flexibility index (Phi) is 6.15. The lowest BCUT2D eigenvalue weighted by Gasteiger charge is -2.33. The Morgan fingerprint density at radius 2 is 1.90 bits per heavy atom. The van der Waals surface area contributed by atoms with E-state index in [0.717, 1.165) is 23.6 Å². The normalized spacial score (nSPS) is 17.7. The zero-order chi connectivity index (χ0) is 21.1. The van der Waals surface area contributed by atoms with Crippen LogP contribution in [0.3, 0.4) is 0 Å². The number of rotatable bonds is 6. The second-order valence-electron chi connectivity index (χ2n) is 6.73. The average molecular weight is 444 g/mol. The molecule has 2 heterocycles. The number of benzene rings is 2. The molecule has 0 radical (unpaired) electrons. The molecule has 7 nitrogen and oxygen atoms in total. The van der Waals surface area contributed by atoms with Crippen LogP contribution in [-0.4, -0.2) is 32.6 Å². The number of anilines is 1. The van der Waals surface area contributed by atoms with Gasteiger partial charge in [-0.1, -0.05) is 42.4 Å². The van der Waals surface area contributed by atoms with Gasteiger partial charge in [-0.15, -0.1) is 10.2 Å². The maximum atomic E-state index is 13.2. The van der Waals surface area contributed by atoms with Gasteiger partial charge in [0.2, 0.25) is 11.1 Å². The van der Waals surface area contributed by atoms with Crippen LogP contribution in [0.1, 0.15) is 31.3 Å². The van der Waals surface area contributed by atoms with E-state index >= 15 is 0 Å². The summed E-state index contributed by atoms with van der Waals surface area (Å²) in [5.74, 6) is 1.50. The highest BCUT2D eigenvalue weighted by atomic mass is 35.5. The number of hydrogen-bond donors (Lipinski definition) is 2. The van der Waals surface area contributed by atoms with Crippen molar-refractivity contribution in [3.05, 3.63) is 64.9 Å². The van der Waals surface area contributed by atoms with E-state index < -0.39 is 5.25 Å². The third-order valence-electron chi connectivity index (χ3n) is 4.74. The van der Waals surface area contributed by atoms with E-state index in [9.17, 15) is 4.79 Å². The van der Waals surface area contributed by atoms with Gasteiger partial charge in [-0.25, -0.2) is 4.68 Å². The molecule has 1 aliphatic heterocycles. The minimum Gasteiger partial charge on any atom is -0.494 e. The van der Waals surface area contributed by atoms with Gasteiger partial charge in [0.05, 0.1) is 12.6 Å². The maximum absolute atomic E-state index is 13.2. The Morgan fingerprint density at radius 3 is 2.57 bits per heavy atom. The fourth-order valence-corrected chi connectivity index (χ4v) is 4.49. The summed E-state index contributed by atoms with van der Waals surface area (Å²) in [4.78, 5) is 13.2. The maximum Gasteiger partial charge on any atom is 0.240 e. The van der Waals surface area contributed by atoms with Crippen LogP contribution in [0.2, 0.25) is 5.02 Å². The van der Waals surface area contributed by atoms with Crippen molar-refractivity contribution >= 4 is 35.0 Å². The summed E-state index contributed by atoms with van der Waals surface area (Å²) in [5, 5.41) is 12.3. The van der Waals surface area contributed by atoms with Crippen molar-refractivity contribution in [2.75, 3.05) is 17.3 Å². The lowest BCUT2D eigenvalue weighted by Crippen LogP contribution is -2.41. The smallest absolute Gasteiger partial charge is 0.240 e. The van der Waals surface area contributed by atoms with Crippen molar-refractivity contribution in [3.63, 3.8) is 0 Å². The second-order valence-corrected chi connectivity index (χ2v) is 8.28. The van der Waals surface area contributed by atoms with Gasteiger partial charge < -0.3 is 15.5 Å². The molecule has 0 aliphatic carbocycles. The van der Waals surface area contributed by atoms with Crippen LogP contribution in [0.15, 0.2) is 53.7 Å². The van der Waals surface area contributed by atoms with Crippen LogP contribution >= 0.6 is 23.4 Å². The van der Waals surface area contributed by atoms with Crippen molar-refractivity contribution in [3.8, 4) is 5.75 Å². The number of amides is 1. The number of fused-ring (bicyclic) bond motifs is 1. The summed E-state index contributed by atoms with van der Waals surface area (Å²) >= 11 is 7.35. The molecule has 0 bridgehead atoms. The SMILES string of the molecule is CCOc1ccc([C@H]2Nn3c(CC)nnc3S[C@H]2C(=O)Nc2ccc(Cl)cc2)cc1. The van der Waals surface area contributed by atoms with E-state index in [1.807, 2.05) is 42.8 Å². The van der Waals surface area contributed by atoms with Crippen LogP contribution in [0.4, 0.5) is 5.69 Å². The summed E-state index contributed by atoms with van der Waals surface area (Å²) in [7, 11) is 0. The largest absolute Gasteiger partial charge is 0.494 e. The van der Waals surface area contributed by atoms with Gasteiger partial charge in [0.15, 0.2) is 5.82 Å². The summed E-state index contributed by atoms with van der Waals surface area (Å²) in [5.41, 5.74) is 5.11. The zero-order valence-electron chi connectivity index (χ0n) is 16.6. The molecule has 156 valence electrons. The van der Waals surface area contributed by atoms with Gasteiger partial charge in [0, 0.05) is 17.1 Å². The number of ether oxygens (including phenoxy) is 1. The van der Waals surface area contributed by atoms with Crippen LogP contribution < -0.4 is 15.5 Å². The van der Waals surface area contributed by atoms with Crippen molar-refractivity contribution in [2.45, 2.75) is 36.7 Å². The molecule has 2 aromatic carbocycles. The molecule has 1 aromatic heterocycles. The van der Waals surface area contributed by atoms with Crippen molar-refractivity contribution < 1.29 is 9.53 Å². The molecule has 9 heteroatoms. The summed E-state index contributed by atoms with van der Waals surface area (Å²) in [6, 6.07) is 14.6. The highest BCUT2D eigenvalue weighted by molar-refractivity contribution is 8.00. The first kappa shape index (κ1) is 20.6. The number of aryl methyl sites for hydroxylation is 1. The predicted octanol–water partition coefficient (Wildman–Crippen LogP) is 4.29. The number of hydrogen-bond acceptors (Lipinski definition) is 6. The molecule has 3 aromatic rings. The molecule has 0 saturated carbocycles. The Hall–Kier alpha value is -2.71. The standard InChI is InChI=1S/C21H22ClN5O2S/c1-3-17-24-25-21-27(17)26-18(13-5-11-16(12-6-13)29-4-2)19(30-21)20(28)23-15-9-7-14(22)8-10-15/h5-12,18-19,26H,3-4H2,1-2H3,(H,23,28)/t18-,19-/m1/s1. The van der Waals surface area contributed by atoms with Gasteiger partial charge in [0.25, 0.3) is 0 Å². The van der Waals surface area contributed by atoms with Crippen LogP contribution in [0.25, 0.3) is 0 Å². The first-order valence-corrected chi connectivity index (χ1v) is 11.0. The molecule has 1 aliphatic rings. The second kappa shape index (κ2) is 8.97. The summed E-state index contributed by atoms with van der Waals surface area (Å²) in [6.07, 6.45) is 0.734. The van der Waals surface area contributed by atoms with E-state index in [4.69, 9.17) is 16.3 Å². The Bertz CT molecular complexity index is 1020. The molecule has 0 fully saturated rings. The minimum absolute atomic E-state index is 0.124. The fourth-order valence-electron chi connectivity index (χ4n) is 3.26. The van der Waals surface area contributed by atoms with Crippen molar-refractivity contribution in [2.24, 2.45) is 0 Å². The van der Waals surface area contributed by atoms with Crippen molar-refractivity contribution in [1.82, 2.24) is 14.9 Å². The van der Waals surface area contributed by atoms with Gasteiger partial charge in [-0.05, 0) is 48.9 Å². The van der Waals surface area contributed by atoms with Gasteiger partial charge in [-0.3, -0.25) is 4.79 Å². The topological polar surface area (TPSA) is 81.1 Å². The molecule has 0 spiro atoms. The third-order valence-corrected chi connectivity index (χ3v) is 6.21. The highest BCUT2D eigenvalue weighted by Gasteiger charge is 2.37. The fraction of sp³-hybridized carbons (Fsp3) is 0.286. The monoisotopic (exact) mass is 443 g/mol. The number of nitrogens with one attached hydrogen (secondary N) is 2. The van der Waals surface area contributed by atoms with Gasteiger partial charge in [0.1, 0.15) is 11.0 Å². The quantitative estimate of drug-likeness (QED) is 0.591. The average Bonchev–Trinajstić information content (AvgIpc) is 3.17. The minimum atomic E-state index is -0.444. The van der Waals surface area contributed by atoms with Crippen molar-refractivity contribution in [1.29, 1.82) is 0 Å². The molecular formula is C21H22ClN5O2S. The number of carbonyl (C=O) groups is 1. The first-order chi connectivity index (χ1) is 14.6. The predicted molar refractivity (Wildman–Crippen MR) is 119 cm³/mol. The molecule has 0 unspecified atom stereocenters. The first-order valence-electron chi connectivity index (χ1n) is 9.75. The Labute approximate surface area is 184 Å². The molecule has 4 rings (SSSR count). The van der Waals surface area contributed by atoms with E-state index in [2.05, 4.69) is 20.9 Å². The van der Waals surface area contributed by atoms with E-state index in [-0.39, 0.29) is 11.9 Å². The molecule has 2 N–H and O–H groups in total. The molecule has 2 atom stereocenters. The van der Waals surface area contributed by atoms with Gasteiger partial charge in [-0.2, -0.15) is 0 Å². The van der Waals surface area contributed by atoms with E-state index in [1.54, 1.807) is 24.3 Å². The Morgan fingerprint density at radius 1 is 1.17 bits per heavy atom. The third kappa shape index (κ3) is 4.24. The van der Waals surface area contributed by atoms with E-state index in [0.29, 0.717) is 22.5 Å². The number of thioether (sulfide) groups is 1. The molecule has 1 amide bonds. The number of aromatic nitrogens is 3. The number of halogens is 1. The molecular weight excluding hydrogens is 422 g/mol. The van der Waals surface area contributed by atoms with Crippen LogP contribution in [0.5, 0.6) is 5.75 Å². The van der Waals surface area contributed by atoms with Crippen LogP contribution in [-0.2, 0) is 11.2 Å². The van der Waals surface area contributed by atoms with E-state index in [1.165, 1.54) is 11.8 Å². The molecule has 30 heavy (non-hydrogen) atoms. The lowest BCUT2D eigenvalue weighted by molar-refractivity contribution is -0.116. The zero-order valence-corrected chi connectivity index (χ0v) is 18.2. The summed E-state index contributed by atoms with van der Waals surface area (Å²) in [6.45, 7) is 4.58. The van der Waals surface area contributed by atoms with Crippen LogP contribution in [0, 0.1) is 0 Å².